The number of phenols is 4. The lowest BCUT2D eigenvalue weighted by Gasteiger charge is -2.11. The highest BCUT2D eigenvalue weighted by Crippen LogP contribution is 2.46. The van der Waals surface area contributed by atoms with E-state index >= 15 is 0 Å². The molecule has 0 radical (unpaired) electrons. The van der Waals surface area contributed by atoms with Crippen molar-refractivity contribution in [1.29, 1.82) is 0 Å². The average molecular weight is 621 g/mol. The number of nitrogens with two attached hydrogens (primary N) is 1. The number of nitrogen functional groups attached to an aromatic ring is 1. The molecule has 20 heteroatoms. The zero-order valence-electron chi connectivity index (χ0n) is 20.4. The molecule has 0 atom stereocenters. The molecule has 0 saturated heterocycles. The molecule has 0 unspecified atom stereocenters. The lowest BCUT2D eigenvalue weighted by atomic mass is 10.1. The maximum absolute atomic E-state index is 11.6. The van der Waals surface area contributed by atoms with Gasteiger partial charge in [-0.15, -0.1) is 24.8 Å². The fraction of sp³-hybridized carbons (Fsp3) is 0. The third-order valence-corrected chi connectivity index (χ3v) is 6.91. The van der Waals surface area contributed by atoms with E-state index in [4.69, 9.17) is 11.0 Å². The van der Waals surface area contributed by atoms with Crippen molar-refractivity contribution in [2.24, 2.45) is 20.5 Å². The molecule has 0 aliphatic heterocycles. The summed E-state index contributed by atoms with van der Waals surface area (Å²) in [4.78, 5) is 9.34. The van der Waals surface area contributed by atoms with E-state index in [1.165, 1.54) is 6.07 Å². The number of nitro groups is 1. The van der Waals surface area contributed by atoms with Gasteiger partial charge in [0.05, 0.1) is 33.6 Å². The van der Waals surface area contributed by atoms with Crippen LogP contribution in [-0.2, 0) is 19.5 Å². The summed E-state index contributed by atoms with van der Waals surface area (Å²) in [6.45, 7) is 0. The van der Waals surface area contributed by atoms with E-state index in [-0.39, 0.29) is 44.1 Å². The van der Waals surface area contributed by atoms with Gasteiger partial charge in [0.15, 0.2) is 5.75 Å². The predicted octanol–water partition coefficient (Wildman–Crippen LogP) is 5.66. The average Bonchev–Trinajstić information content (AvgIpc) is 2.92. The Morgan fingerprint density at radius 3 is 2.02 bits per heavy atom. The Kier molecular flexibility index (Phi) is 8.37. The number of hydrogen-bond donors (Lipinski definition) is 7. The molecule has 218 valence electrons. The van der Waals surface area contributed by atoms with Gasteiger partial charge in [-0.25, -0.2) is 5.26 Å². The first-order valence-electron chi connectivity index (χ1n) is 10.9. The Labute approximate surface area is 237 Å². The first-order chi connectivity index (χ1) is 19.8. The van der Waals surface area contributed by atoms with Crippen molar-refractivity contribution in [3.63, 3.8) is 0 Å². The van der Waals surface area contributed by atoms with E-state index in [0.717, 1.165) is 42.5 Å². The number of fused-ring (bicyclic) bond motifs is 1. The molecule has 0 heterocycles. The normalized spacial score (nSPS) is 12.0. The number of phenolic OH excluding ortho intramolecular Hbond substituents is 4. The van der Waals surface area contributed by atoms with Crippen LogP contribution in [-0.4, -0.2) is 43.6 Å². The fourth-order valence-electron chi connectivity index (χ4n) is 3.46. The predicted molar refractivity (Wildman–Crippen MR) is 143 cm³/mol. The Hall–Kier alpha value is -5.12. The quantitative estimate of drug-likeness (QED) is 0.0174. The highest BCUT2D eigenvalue weighted by molar-refractivity contribution is 7.94. The largest absolute Gasteiger partial charge is 0.506 e. The monoisotopic (exact) mass is 620 g/mol. The summed E-state index contributed by atoms with van der Waals surface area (Å²) in [6, 6.07) is 8.16. The van der Waals surface area contributed by atoms with Gasteiger partial charge in [-0.2, -0.15) is 8.42 Å². The molecular weight excluding hydrogens is 604 g/mol. The van der Waals surface area contributed by atoms with Gasteiger partial charge in [0.2, 0.25) is 0 Å². The van der Waals surface area contributed by atoms with Crippen molar-refractivity contribution in [3.05, 3.63) is 58.6 Å². The minimum atomic E-state index is -4.72. The number of rotatable bonds is 9. The van der Waals surface area contributed by atoms with Gasteiger partial charge in [-0.1, -0.05) is 5.04 Å². The molecular formula is C22H16N6O12S2. The molecule has 18 nitrogen and oxygen atoms in total. The second-order valence-corrected chi connectivity index (χ2v) is 10.2. The van der Waals surface area contributed by atoms with Gasteiger partial charge in [0, 0.05) is 23.6 Å². The van der Waals surface area contributed by atoms with Gasteiger partial charge < -0.3 is 26.2 Å². The van der Waals surface area contributed by atoms with E-state index in [0.29, 0.717) is 12.0 Å². The standard InChI is InChI=1S/C22H16N6O12S2/c23-12-6-11-9(4-20(12)42(36,37)38)3-19(41-40-39-35)21(22(11)32)27-26-15-8-17(30)14(7-18(15)31)25-24-13-2-1-10(28(33)34)5-16(13)29/h1-8,29-32,35H,23H2,(H,36,37,38). The summed E-state index contributed by atoms with van der Waals surface area (Å²) in [5.74, 6) is -2.31. The molecule has 0 aromatic heterocycles. The first kappa shape index (κ1) is 29.9. The van der Waals surface area contributed by atoms with Crippen LogP contribution in [0, 0.1) is 10.1 Å². The van der Waals surface area contributed by atoms with Gasteiger partial charge >= 0.3 is 0 Å². The second-order valence-electron chi connectivity index (χ2n) is 8.04. The third kappa shape index (κ3) is 6.27. The van der Waals surface area contributed by atoms with E-state index in [1.54, 1.807) is 0 Å². The molecule has 8 N–H and O–H groups in total. The Bertz CT molecular complexity index is 1900. The van der Waals surface area contributed by atoms with Gasteiger partial charge in [0.25, 0.3) is 15.8 Å². The van der Waals surface area contributed by atoms with Crippen LogP contribution in [0.3, 0.4) is 0 Å². The maximum atomic E-state index is 11.6. The van der Waals surface area contributed by atoms with E-state index in [9.17, 15) is 43.5 Å². The molecule has 0 saturated carbocycles. The van der Waals surface area contributed by atoms with Crippen molar-refractivity contribution >= 4 is 67.1 Å². The topological polar surface area (TPSA) is 293 Å². The zero-order valence-corrected chi connectivity index (χ0v) is 22.0. The zero-order chi connectivity index (χ0) is 30.8. The summed E-state index contributed by atoms with van der Waals surface area (Å²) >= 11 is 0.320. The van der Waals surface area contributed by atoms with E-state index in [2.05, 4.69) is 29.8 Å². The number of aromatic hydroxyl groups is 4. The number of nitrogens with zero attached hydrogens (tertiary/aromatic N) is 5. The maximum Gasteiger partial charge on any atom is 0.296 e. The van der Waals surface area contributed by atoms with Gasteiger partial charge in [0.1, 0.15) is 44.9 Å². The number of azo groups is 2. The van der Waals surface area contributed by atoms with Crippen LogP contribution >= 0.6 is 12.0 Å². The summed E-state index contributed by atoms with van der Waals surface area (Å²) in [6.07, 6.45) is 0. The molecule has 4 aromatic rings. The van der Waals surface area contributed by atoms with Crippen molar-refractivity contribution in [2.75, 3.05) is 5.73 Å². The smallest absolute Gasteiger partial charge is 0.296 e. The number of nitro benzene ring substituents is 1. The molecule has 0 spiro atoms. The third-order valence-electron chi connectivity index (χ3n) is 5.38. The molecule has 4 rings (SSSR count). The number of hydrogen-bond acceptors (Lipinski definition) is 17. The first-order valence-corrected chi connectivity index (χ1v) is 13.1. The lowest BCUT2D eigenvalue weighted by molar-refractivity contribution is -0.432. The van der Waals surface area contributed by atoms with Crippen LogP contribution in [0.2, 0.25) is 0 Å². The summed E-state index contributed by atoms with van der Waals surface area (Å²) < 4.78 is 37.0. The highest BCUT2D eigenvalue weighted by atomic mass is 32.2. The van der Waals surface area contributed by atoms with Crippen LogP contribution in [0.5, 0.6) is 23.0 Å². The Balaban J connectivity index is 1.72. The van der Waals surface area contributed by atoms with Crippen molar-refractivity contribution in [3.8, 4) is 23.0 Å². The second kappa shape index (κ2) is 11.8. The minimum absolute atomic E-state index is 0.0274. The molecule has 4 aromatic carbocycles. The van der Waals surface area contributed by atoms with Gasteiger partial charge in [-0.05, 0) is 29.7 Å². The number of anilines is 1. The fourth-order valence-corrected chi connectivity index (χ4v) is 4.59. The Morgan fingerprint density at radius 2 is 1.45 bits per heavy atom. The summed E-state index contributed by atoms with van der Waals surface area (Å²) in [5, 5.41) is 79.5. The van der Waals surface area contributed by atoms with Crippen molar-refractivity contribution in [2.45, 2.75) is 9.79 Å². The van der Waals surface area contributed by atoms with Crippen LogP contribution in [0.15, 0.2) is 78.8 Å². The lowest BCUT2D eigenvalue weighted by Crippen LogP contribution is -2.03. The van der Waals surface area contributed by atoms with E-state index < -0.39 is 48.6 Å². The Morgan fingerprint density at radius 1 is 0.857 bits per heavy atom. The van der Waals surface area contributed by atoms with Crippen LogP contribution in [0.4, 0.5) is 34.1 Å². The highest BCUT2D eigenvalue weighted by Gasteiger charge is 2.21. The molecule has 0 aliphatic carbocycles. The summed E-state index contributed by atoms with van der Waals surface area (Å²) in [7, 11) is -4.72. The molecule has 0 amide bonds. The molecule has 0 aliphatic rings. The van der Waals surface area contributed by atoms with E-state index in [1.807, 2.05) is 0 Å². The minimum Gasteiger partial charge on any atom is -0.506 e. The number of non-ortho nitro benzene ring substituents is 1. The number of benzene rings is 4. The molecule has 42 heavy (non-hydrogen) atoms. The van der Waals surface area contributed by atoms with Crippen LogP contribution < -0.4 is 5.73 Å². The van der Waals surface area contributed by atoms with Crippen molar-refractivity contribution in [1.82, 2.24) is 0 Å². The SMILES string of the molecule is Nc1cc2c(O)c(N=Nc3cc(O)c(N=Nc4ccc([N+](=O)[O-])cc4O)cc3O)c(SOOO)cc2cc1S(=O)(=O)O. The van der Waals surface area contributed by atoms with Crippen LogP contribution in [0.25, 0.3) is 10.8 Å². The molecule has 0 fully saturated rings. The summed E-state index contributed by atoms with van der Waals surface area (Å²) in [5.41, 5.74) is 3.81. The van der Waals surface area contributed by atoms with Crippen molar-refractivity contribution < 1.29 is 52.9 Å². The van der Waals surface area contributed by atoms with Crippen LogP contribution in [0.1, 0.15) is 0 Å². The van der Waals surface area contributed by atoms with Gasteiger partial charge in [-0.3, -0.25) is 14.7 Å². The molecule has 0 bridgehead atoms.